The maximum atomic E-state index is 9.85. The first kappa shape index (κ1) is 12.4. The molecule has 0 spiro atoms. The van der Waals surface area contributed by atoms with Crippen molar-refractivity contribution in [2.45, 2.75) is 62.6 Å². The fourth-order valence-electron chi connectivity index (χ4n) is 2.81. The van der Waals surface area contributed by atoms with Gasteiger partial charge >= 0.3 is 0 Å². The molecular weight excluding hydrogens is 208 g/mol. The van der Waals surface area contributed by atoms with Crippen LogP contribution < -0.4 is 0 Å². The molecule has 0 heterocycles. The number of aliphatic hydroxyl groups is 2. The van der Waals surface area contributed by atoms with Crippen molar-refractivity contribution >= 4 is 16.1 Å². The lowest BCUT2D eigenvalue weighted by Crippen LogP contribution is -2.63. The fourth-order valence-corrected chi connectivity index (χ4v) is 10.8. The molecule has 0 unspecified atom stereocenters. The molecule has 1 aliphatic rings. The Labute approximate surface area is 89.4 Å². The highest BCUT2D eigenvalue weighted by molar-refractivity contribution is 6.84. The van der Waals surface area contributed by atoms with Gasteiger partial charge in [-0.3, -0.25) is 0 Å². The molecule has 0 aromatic heterocycles. The molecule has 0 bridgehead atoms. The third-order valence-corrected chi connectivity index (χ3v) is 9.21. The third-order valence-electron chi connectivity index (χ3n) is 3.47. The minimum Gasteiger partial charge on any atom is -0.390 e. The average Bonchev–Trinajstić information content (AvgIpc) is 1.93. The standard InChI is InChI=1S/C10H24O2Si2/c1-13(2,3)9-7(11)8(12)10(9)14(4,5)6/h7-12H,1-6H3/t7-,8+,9-,10-/m1/s1. The molecule has 0 aromatic carbocycles. The second-order valence-electron chi connectivity index (χ2n) is 6.76. The van der Waals surface area contributed by atoms with E-state index in [0.29, 0.717) is 11.1 Å². The molecule has 1 aliphatic carbocycles. The molecule has 0 amide bonds. The quantitative estimate of drug-likeness (QED) is 0.716. The summed E-state index contributed by atoms with van der Waals surface area (Å²) in [6.45, 7) is 13.7. The van der Waals surface area contributed by atoms with Gasteiger partial charge in [-0.2, -0.15) is 0 Å². The van der Waals surface area contributed by atoms with Gasteiger partial charge in [0, 0.05) is 0 Å². The minimum absolute atomic E-state index is 0.407. The van der Waals surface area contributed by atoms with Gasteiger partial charge in [-0.25, -0.2) is 0 Å². The van der Waals surface area contributed by atoms with E-state index in [0.717, 1.165) is 0 Å². The van der Waals surface area contributed by atoms with Crippen LogP contribution in [0.2, 0.25) is 50.4 Å². The van der Waals surface area contributed by atoms with Crippen molar-refractivity contribution in [3.8, 4) is 0 Å². The number of hydrogen-bond acceptors (Lipinski definition) is 2. The van der Waals surface area contributed by atoms with E-state index >= 15 is 0 Å². The van der Waals surface area contributed by atoms with E-state index in [4.69, 9.17) is 0 Å². The van der Waals surface area contributed by atoms with Crippen molar-refractivity contribution in [2.75, 3.05) is 0 Å². The molecule has 0 aromatic rings. The summed E-state index contributed by atoms with van der Waals surface area (Å²) in [5.74, 6) is 0. The Bertz CT molecular complexity index is 193. The van der Waals surface area contributed by atoms with Crippen LogP contribution in [-0.4, -0.2) is 38.6 Å². The van der Waals surface area contributed by atoms with Gasteiger partial charge in [0.1, 0.15) is 0 Å². The monoisotopic (exact) mass is 232 g/mol. The number of aliphatic hydroxyl groups excluding tert-OH is 2. The van der Waals surface area contributed by atoms with Crippen LogP contribution in [-0.2, 0) is 0 Å². The van der Waals surface area contributed by atoms with Gasteiger partial charge in [0.05, 0.1) is 28.4 Å². The van der Waals surface area contributed by atoms with E-state index in [9.17, 15) is 10.2 Å². The molecule has 1 saturated carbocycles. The zero-order chi connectivity index (χ0) is 11.3. The Hall–Kier alpha value is 0.354. The SMILES string of the molecule is C[Si](C)(C)[C@@H]1[C@H](O)[C@H](O)[C@H]1[Si](C)(C)C. The lowest BCUT2D eigenvalue weighted by molar-refractivity contribution is -0.0552. The van der Waals surface area contributed by atoms with E-state index in [1.807, 2.05) is 0 Å². The number of hydrogen-bond donors (Lipinski definition) is 2. The molecule has 0 saturated heterocycles. The van der Waals surface area contributed by atoms with E-state index in [1.165, 1.54) is 0 Å². The second-order valence-corrected chi connectivity index (χ2v) is 17.6. The molecule has 1 fully saturated rings. The van der Waals surface area contributed by atoms with Gasteiger partial charge in [-0.15, -0.1) is 0 Å². The van der Waals surface area contributed by atoms with Crippen molar-refractivity contribution in [2.24, 2.45) is 0 Å². The largest absolute Gasteiger partial charge is 0.390 e. The van der Waals surface area contributed by atoms with E-state index in [2.05, 4.69) is 39.3 Å². The van der Waals surface area contributed by atoms with Crippen LogP contribution in [0.15, 0.2) is 0 Å². The van der Waals surface area contributed by atoms with Crippen LogP contribution in [0.25, 0.3) is 0 Å². The predicted molar refractivity (Wildman–Crippen MR) is 66.2 cm³/mol. The highest BCUT2D eigenvalue weighted by Gasteiger charge is 2.58. The zero-order valence-electron chi connectivity index (χ0n) is 10.2. The van der Waals surface area contributed by atoms with Crippen LogP contribution in [0.3, 0.4) is 0 Å². The summed E-state index contributed by atoms with van der Waals surface area (Å²) in [6, 6.07) is 0. The van der Waals surface area contributed by atoms with E-state index in [1.54, 1.807) is 0 Å². The second kappa shape index (κ2) is 3.44. The first-order valence-corrected chi connectivity index (χ1v) is 12.6. The van der Waals surface area contributed by atoms with Crippen LogP contribution in [0.1, 0.15) is 0 Å². The molecule has 1 rings (SSSR count). The molecule has 14 heavy (non-hydrogen) atoms. The van der Waals surface area contributed by atoms with Crippen molar-refractivity contribution in [1.82, 2.24) is 0 Å². The first-order chi connectivity index (χ1) is 6.07. The van der Waals surface area contributed by atoms with Gasteiger partial charge in [-0.05, 0) is 11.1 Å². The summed E-state index contributed by atoms with van der Waals surface area (Å²) in [4.78, 5) is 0. The molecule has 4 heteroatoms. The van der Waals surface area contributed by atoms with Crippen LogP contribution in [0.4, 0.5) is 0 Å². The van der Waals surface area contributed by atoms with Crippen LogP contribution >= 0.6 is 0 Å². The minimum atomic E-state index is -1.33. The van der Waals surface area contributed by atoms with Crippen LogP contribution in [0, 0.1) is 0 Å². The normalized spacial score (nSPS) is 39.4. The summed E-state index contributed by atoms with van der Waals surface area (Å²) in [5, 5.41) is 19.7. The summed E-state index contributed by atoms with van der Waals surface area (Å²) >= 11 is 0. The predicted octanol–water partition coefficient (Wildman–Crippen LogP) is 2.14. The maximum Gasteiger partial charge on any atom is 0.0804 e. The lowest BCUT2D eigenvalue weighted by atomic mass is 9.90. The Morgan fingerprint density at radius 2 is 0.857 bits per heavy atom. The summed E-state index contributed by atoms with van der Waals surface area (Å²) in [5.41, 5.74) is 0.813. The van der Waals surface area contributed by atoms with Gasteiger partial charge in [0.25, 0.3) is 0 Å². The highest BCUT2D eigenvalue weighted by Crippen LogP contribution is 2.55. The fraction of sp³-hybridized carbons (Fsp3) is 1.00. The van der Waals surface area contributed by atoms with Crippen molar-refractivity contribution in [3.05, 3.63) is 0 Å². The van der Waals surface area contributed by atoms with Gasteiger partial charge in [0.2, 0.25) is 0 Å². The molecule has 84 valence electrons. The smallest absolute Gasteiger partial charge is 0.0804 e. The average molecular weight is 232 g/mol. The molecule has 4 atom stereocenters. The van der Waals surface area contributed by atoms with Crippen molar-refractivity contribution < 1.29 is 10.2 Å². The topological polar surface area (TPSA) is 40.5 Å². The van der Waals surface area contributed by atoms with Crippen molar-refractivity contribution in [3.63, 3.8) is 0 Å². The Morgan fingerprint density at radius 1 is 0.643 bits per heavy atom. The van der Waals surface area contributed by atoms with Crippen LogP contribution in [0.5, 0.6) is 0 Å². The Balaban J connectivity index is 2.86. The molecule has 0 aliphatic heterocycles. The summed E-state index contributed by atoms with van der Waals surface area (Å²) in [7, 11) is -2.65. The van der Waals surface area contributed by atoms with Gasteiger partial charge < -0.3 is 10.2 Å². The molecule has 2 nitrogen and oxygen atoms in total. The Morgan fingerprint density at radius 3 is 1.00 bits per heavy atom. The van der Waals surface area contributed by atoms with Gasteiger partial charge in [-0.1, -0.05) is 39.3 Å². The summed E-state index contributed by atoms with van der Waals surface area (Å²) in [6.07, 6.45) is -0.892. The molecule has 2 N–H and O–H groups in total. The number of rotatable bonds is 2. The zero-order valence-corrected chi connectivity index (χ0v) is 12.2. The third kappa shape index (κ3) is 1.98. The summed E-state index contributed by atoms with van der Waals surface area (Å²) < 4.78 is 0. The first-order valence-electron chi connectivity index (χ1n) is 5.43. The lowest BCUT2D eigenvalue weighted by Gasteiger charge is -2.56. The van der Waals surface area contributed by atoms with Crippen molar-refractivity contribution in [1.29, 1.82) is 0 Å². The van der Waals surface area contributed by atoms with E-state index in [-0.39, 0.29) is 0 Å². The molecular formula is C10H24O2Si2. The Kier molecular flexibility index (Phi) is 3.05. The maximum absolute atomic E-state index is 9.85. The van der Waals surface area contributed by atoms with E-state index < -0.39 is 28.4 Å². The molecule has 0 radical (unpaired) electrons. The highest BCUT2D eigenvalue weighted by atomic mass is 28.3. The van der Waals surface area contributed by atoms with Gasteiger partial charge in [0.15, 0.2) is 0 Å².